The van der Waals surface area contributed by atoms with E-state index in [1.165, 1.54) is 0 Å². The normalized spacial score (nSPS) is 49.0. The van der Waals surface area contributed by atoms with Gasteiger partial charge in [-0.15, -0.1) is 0 Å². The Morgan fingerprint density at radius 1 is 0.649 bits per heavy atom. The van der Waals surface area contributed by atoms with Crippen LogP contribution in [0.1, 0.15) is 6.92 Å². The van der Waals surface area contributed by atoms with Crippen molar-refractivity contribution in [2.24, 2.45) is 0 Å². The van der Waals surface area contributed by atoms with Crippen LogP contribution in [0.25, 0.3) is 0 Å². The van der Waals surface area contributed by atoms with Crippen LogP contribution in [0, 0.1) is 0 Å². The molecule has 0 radical (unpaired) electrons. The van der Waals surface area contributed by atoms with E-state index in [0.717, 1.165) is 6.92 Å². The van der Waals surface area contributed by atoms with Crippen LogP contribution in [-0.2, 0) is 28.5 Å². The van der Waals surface area contributed by atoms with Crippen molar-refractivity contribution in [3.8, 4) is 0 Å². The zero-order valence-corrected chi connectivity index (χ0v) is 19.7. The number of amides is 1. The average Bonchev–Trinajstić information content (AvgIpc) is 2.86. The van der Waals surface area contributed by atoms with Crippen LogP contribution in [0.4, 0.5) is 0 Å². The molecule has 0 bridgehead atoms. The van der Waals surface area contributed by atoms with Gasteiger partial charge in [-0.2, -0.15) is 0 Å². The van der Waals surface area contributed by atoms with Crippen molar-refractivity contribution in [2.45, 2.75) is 99.0 Å². The molecule has 3 fully saturated rings. The Morgan fingerprint density at radius 2 is 1.16 bits per heavy atom. The summed E-state index contributed by atoms with van der Waals surface area (Å²) in [5.74, 6) is -0.627. The van der Waals surface area contributed by atoms with E-state index < -0.39 is 118 Å². The lowest BCUT2D eigenvalue weighted by atomic mass is 9.95. The third-order valence-electron chi connectivity index (χ3n) is 6.50. The van der Waals surface area contributed by atoms with Gasteiger partial charge < -0.3 is 80.1 Å². The highest BCUT2D eigenvalue weighted by Gasteiger charge is 2.53. The van der Waals surface area contributed by atoms with Gasteiger partial charge in [0.05, 0.1) is 19.8 Å². The average molecular weight is 545 g/mol. The van der Waals surface area contributed by atoms with Crippen LogP contribution >= 0.6 is 0 Å². The van der Waals surface area contributed by atoms with Crippen LogP contribution < -0.4 is 5.32 Å². The largest absolute Gasteiger partial charge is 0.394 e. The highest BCUT2D eigenvalue weighted by molar-refractivity contribution is 5.73. The van der Waals surface area contributed by atoms with E-state index in [0.29, 0.717) is 0 Å². The second kappa shape index (κ2) is 12.8. The number of aliphatic hydroxyl groups excluding tert-OH is 10. The standard InChI is InChI=1S/C20H35NO16/c1-5(25)21-9-12(28)16(8(4-24)33-18(9)32)36-20-15(31)17(11(27)7(3-23)35-20)37-19-14(30)13(29)10(26)6(2-22)34-19/h6-20,22-24,26-32H,2-4H2,1H3,(H,21,25)/t6?,7?,8?,9?,10-,11-,12?,13?,14?,15-,16+,17?,18+,19+,20-/m0/s1. The molecule has 3 heterocycles. The molecule has 3 saturated heterocycles. The number of carbonyl (C=O) groups is 1. The molecular formula is C20H35NO16. The molecule has 11 N–H and O–H groups in total. The molecule has 0 aromatic carbocycles. The van der Waals surface area contributed by atoms with Gasteiger partial charge in [0.25, 0.3) is 0 Å². The van der Waals surface area contributed by atoms with Gasteiger partial charge in [-0.1, -0.05) is 0 Å². The molecule has 216 valence electrons. The monoisotopic (exact) mass is 545 g/mol. The smallest absolute Gasteiger partial charge is 0.217 e. The molecule has 0 spiro atoms. The van der Waals surface area contributed by atoms with Gasteiger partial charge in [0.1, 0.15) is 73.2 Å². The van der Waals surface area contributed by atoms with E-state index in [9.17, 15) is 55.9 Å². The summed E-state index contributed by atoms with van der Waals surface area (Å²) in [5.41, 5.74) is 0. The maximum atomic E-state index is 11.5. The molecule has 3 rings (SSSR count). The highest BCUT2D eigenvalue weighted by Crippen LogP contribution is 2.32. The molecule has 3 aliphatic heterocycles. The molecule has 3 aliphatic rings. The van der Waals surface area contributed by atoms with Crippen LogP contribution in [0.15, 0.2) is 0 Å². The number of rotatable bonds is 8. The minimum absolute atomic E-state index is 0.627. The van der Waals surface area contributed by atoms with E-state index in [4.69, 9.17) is 23.7 Å². The maximum absolute atomic E-state index is 11.5. The highest BCUT2D eigenvalue weighted by atomic mass is 16.7. The van der Waals surface area contributed by atoms with Crippen LogP contribution in [0.3, 0.4) is 0 Å². The van der Waals surface area contributed by atoms with Crippen molar-refractivity contribution in [3.63, 3.8) is 0 Å². The summed E-state index contributed by atoms with van der Waals surface area (Å²) >= 11 is 0. The molecule has 17 heteroatoms. The molecular weight excluding hydrogens is 510 g/mol. The minimum atomic E-state index is -1.91. The van der Waals surface area contributed by atoms with Crippen LogP contribution in [-0.4, -0.2) is 169 Å². The van der Waals surface area contributed by atoms with Gasteiger partial charge >= 0.3 is 0 Å². The van der Waals surface area contributed by atoms with Gasteiger partial charge in [-0.3, -0.25) is 4.79 Å². The molecule has 0 aromatic rings. The van der Waals surface area contributed by atoms with Gasteiger partial charge in [0, 0.05) is 6.92 Å². The van der Waals surface area contributed by atoms with Gasteiger partial charge in [0.15, 0.2) is 18.9 Å². The quantitative estimate of drug-likeness (QED) is 0.135. The first-order valence-electron chi connectivity index (χ1n) is 11.6. The minimum Gasteiger partial charge on any atom is -0.394 e. The topological polar surface area (TPSA) is 278 Å². The molecule has 8 unspecified atom stereocenters. The Balaban J connectivity index is 1.80. The van der Waals surface area contributed by atoms with E-state index in [2.05, 4.69) is 5.32 Å². The maximum Gasteiger partial charge on any atom is 0.217 e. The molecule has 0 aromatic heterocycles. The number of carbonyl (C=O) groups excluding carboxylic acids is 1. The Kier molecular flexibility index (Phi) is 10.5. The van der Waals surface area contributed by atoms with Crippen molar-refractivity contribution in [1.29, 1.82) is 0 Å². The van der Waals surface area contributed by atoms with E-state index in [1.807, 2.05) is 0 Å². The van der Waals surface area contributed by atoms with Crippen LogP contribution in [0.2, 0.25) is 0 Å². The number of hydrogen-bond acceptors (Lipinski definition) is 16. The van der Waals surface area contributed by atoms with Crippen molar-refractivity contribution in [3.05, 3.63) is 0 Å². The summed E-state index contributed by atoms with van der Waals surface area (Å²) in [7, 11) is 0. The predicted octanol–water partition coefficient (Wildman–Crippen LogP) is -7.43. The third kappa shape index (κ3) is 6.38. The Morgan fingerprint density at radius 3 is 1.70 bits per heavy atom. The van der Waals surface area contributed by atoms with Crippen molar-refractivity contribution in [2.75, 3.05) is 19.8 Å². The first-order chi connectivity index (χ1) is 17.4. The number of hydrogen-bond donors (Lipinski definition) is 11. The molecule has 37 heavy (non-hydrogen) atoms. The fourth-order valence-corrected chi connectivity index (χ4v) is 4.46. The first kappa shape index (κ1) is 30.4. The Hall–Kier alpha value is -1.13. The molecule has 17 nitrogen and oxygen atoms in total. The van der Waals surface area contributed by atoms with Crippen molar-refractivity contribution < 1.29 is 79.5 Å². The number of aliphatic hydroxyl groups is 10. The molecule has 15 atom stereocenters. The molecule has 1 amide bonds. The van der Waals surface area contributed by atoms with Crippen LogP contribution in [0.5, 0.6) is 0 Å². The Bertz CT molecular complexity index is 745. The zero-order chi connectivity index (χ0) is 27.6. The van der Waals surface area contributed by atoms with E-state index >= 15 is 0 Å². The second-order valence-electron chi connectivity index (χ2n) is 9.07. The summed E-state index contributed by atoms with van der Waals surface area (Å²) in [6.07, 6.45) is -23.4. The molecule has 0 saturated carbocycles. The van der Waals surface area contributed by atoms with E-state index in [-0.39, 0.29) is 0 Å². The third-order valence-corrected chi connectivity index (χ3v) is 6.50. The second-order valence-corrected chi connectivity index (χ2v) is 9.07. The summed E-state index contributed by atoms with van der Waals surface area (Å²) in [6, 6.07) is -1.40. The first-order valence-corrected chi connectivity index (χ1v) is 11.6. The van der Waals surface area contributed by atoms with Gasteiger partial charge in [-0.25, -0.2) is 0 Å². The predicted molar refractivity (Wildman–Crippen MR) is 113 cm³/mol. The summed E-state index contributed by atoms with van der Waals surface area (Å²) < 4.78 is 26.9. The Labute approximate surface area is 210 Å². The lowest BCUT2D eigenvalue weighted by Crippen LogP contribution is -2.68. The van der Waals surface area contributed by atoms with Crippen molar-refractivity contribution in [1.82, 2.24) is 5.32 Å². The van der Waals surface area contributed by atoms with Crippen molar-refractivity contribution >= 4 is 5.91 Å². The van der Waals surface area contributed by atoms with E-state index in [1.54, 1.807) is 0 Å². The summed E-state index contributed by atoms with van der Waals surface area (Å²) in [6.45, 7) is -1.23. The lowest BCUT2D eigenvalue weighted by Gasteiger charge is -2.48. The molecule has 0 aliphatic carbocycles. The van der Waals surface area contributed by atoms with Gasteiger partial charge in [-0.05, 0) is 0 Å². The zero-order valence-electron chi connectivity index (χ0n) is 19.7. The fourth-order valence-electron chi connectivity index (χ4n) is 4.46. The van der Waals surface area contributed by atoms with Gasteiger partial charge in [0.2, 0.25) is 5.91 Å². The fraction of sp³-hybridized carbons (Fsp3) is 0.950. The summed E-state index contributed by atoms with van der Waals surface area (Å²) in [4.78, 5) is 11.5. The summed E-state index contributed by atoms with van der Waals surface area (Å²) in [5, 5.41) is 103. The lowest BCUT2D eigenvalue weighted by molar-refractivity contribution is -0.375. The SMILES string of the molecule is CC(=O)NC1C(O)[C@H](O[C@@H]2OC(CO)[C@H](O)C(O[C@H]3OC(CO)[C@H](O)C(O)C3O)[C@@H]2O)C(CO)O[C@H]1O. The number of ether oxygens (including phenoxy) is 5. The number of nitrogens with one attached hydrogen (secondary N) is 1.